The number of carboxylic acids is 1. The van der Waals surface area contributed by atoms with Gasteiger partial charge in [0.15, 0.2) is 0 Å². The summed E-state index contributed by atoms with van der Waals surface area (Å²) in [5.74, 6) is 0.0719. The Balaban J connectivity index is 1.88. The number of thioether (sulfide) groups is 2. The van der Waals surface area contributed by atoms with Crippen LogP contribution in [-0.4, -0.2) is 75.1 Å². The minimum absolute atomic E-state index is 0.00193. The standard InChI is InChI=1S/C27H38N2O6S2/c1-7-8-9-11-18-12-10-13-21(34-16(2)30)22(18)24-28-19(14-36-24)25-29(6)20(15-37-25)23(35-17(3)31)27(4,5)26(32)33/h10,12-13,19-20,23,25H,7-9,11,14-15H2,1-6H3,(H,32,33)/t19-,20+,23+,25+/m1/s1. The number of aliphatic carboxylic acids is 1. The zero-order valence-electron chi connectivity index (χ0n) is 22.5. The highest BCUT2D eigenvalue weighted by atomic mass is 32.2. The van der Waals surface area contributed by atoms with Gasteiger partial charge in [-0.05, 0) is 45.4 Å². The molecule has 0 aliphatic carbocycles. The third-order valence-corrected chi connectivity index (χ3v) is 9.51. The van der Waals surface area contributed by atoms with Crippen LogP contribution >= 0.6 is 23.5 Å². The Morgan fingerprint density at radius 1 is 1.19 bits per heavy atom. The lowest BCUT2D eigenvalue weighted by atomic mass is 9.82. The van der Waals surface area contributed by atoms with Gasteiger partial charge >= 0.3 is 17.9 Å². The first kappa shape index (κ1) is 29.5. The number of carbonyl (C=O) groups excluding carboxylic acids is 2. The number of nitrogens with zero attached hydrogens (tertiary/aromatic N) is 2. The number of carbonyl (C=O) groups is 3. The molecule has 0 spiro atoms. The maximum absolute atomic E-state index is 12.0. The van der Waals surface area contributed by atoms with Crippen molar-refractivity contribution in [1.82, 2.24) is 4.90 Å². The number of aryl methyl sites for hydroxylation is 1. The van der Waals surface area contributed by atoms with Gasteiger partial charge in [-0.3, -0.25) is 24.3 Å². The van der Waals surface area contributed by atoms with E-state index in [0.29, 0.717) is 11.5 Å². The van der Waals surface area contributed by atoms with Crippen molar-refractivity contribution in [3.63, 3.8) is 0 Å². The number of esters is 2. The van der Waals surface area contributed by atoms with Crippen molar-refractivity contribution in [3.05, 3.63) is 29.3 Å². The van der Waals surface area contributed by atoms with Crippen molar-refractivity contribution in [3.8, 4) is 5.75 Å². The highest BCUT2D eigenvalue weighted by molar-refractivity contribution is 8.14. The third-order valence-electron chi connectivity index (χ3n) is 6.90. The van der Waals surface area contributed by atoms with Gasteiger partial charge in [0.1, 0.15) is 22.3 Å². The maximum atomic E-state index is 12.0. The van der Waals surface area contributed by atoms with Crippen LogP contribution in [0.1, 0.15) is 65.0 Å². The molecule has 2 aliphatic rings. The van der Waals surface area contributed by atoms with Crippen LogP contribution in [0.25, 0.3) is 0 Å². The summed E-state index contributed by atoms with van der Waals surface area (Å²) >= 11 is 3.37. The zero-order valence-corrected chi connectivity index (χ0v) is 24.1. The van der Waals surface area contributed by atoms with Gasteiger partial charge in [-0.15, -0.1) is 23.5 Å². The van der Waals surface area contributed by atoms with Crippen molar-refractivity contribution in [2.24, 2.45) is 10.4 Å². The molecule has 0 radical (unpaired) electrons. The van der Waals surface area contributed by atoms with Gasteiger partial charge in [-0.25, -0.2) is 0 Å². The van der Waals surface area contributed by atoms with Crippen molar-refractivity contribution in [2.45, 2.75) is 83.9 Å². The van der Waals surface area contributed by atoms with Gasteiger partial charge in [0.05, 0.1) is 23.0 Å². The van der Waals surface area contributed by atoms with Crippen LogP contribution in [0.3, 0.4) is 0 Å². The number of unbranched alkanes of at least 4 members (excludes halogenated alkanes) is 2. The molecule has 10 heteroatoms. The van der Waals surface area contributed by atoms with Crippen molar-refractivity contribution in [2.75, 3.05) is 18.6 Å². The predicted molar refractivity (Wildman–Crippen MR) is 149 cm³/mol. The quantitative estimate of drug-likeness (QED) is 0.240. The number of aliphatic imine (C=N–C) groups is 1. The smallest absolute Gasteiger partial charge is 0.312 e. The summed E-state index contributed by atoms with van der Waals surface area (Å²) < 4.78 is 11.2. The summed E-state index contributed by atoms with van der Waals surface area (Å²) in [6.45, 7) is 8.09. The molecule has 0 bridgehead atoms. The molecule has 1 saturated heterocycles. The second-order valence-corrected chi connectivity index (χ2v) is 12.3. The van der Waals surface area contributed by atoms with Crippen LogP contribution in [0.15, 0.2) is 23.2 Å². The maximum Gasteiger partial charge on any atom is 0.312 e. The first-order valence-electron chi connectivity index (χ1n) is 12.7. The van der Waals surface area contributed by atoms with E-state index in [9.17, 15) is 19.5 Å². The Morgan fingerprint density at radius 2 is 1.92 bits per heavy atom. The van der Waals surface area contributed by atoms with E-state index in [1.165, 1.54) is 13.8 Å². The first-order chi connectivity index (χ1) is 17.5. The van der Waals surface area contributed by atoms with E-state index in [4.69, 9.17) is 14.5 Å². The predicted octanol–water partition coefficient (Wildman–Crippen LogP) is 4.62. The summed E-state index contributed by atoms with van der Waals surface area (Å²) in [5.41, 5.74) is 0.783. The molecule has 0 saturated carbocycles. The van der Waals surface area contributed by atoms with Crippen molar-refractivity contribution < 1.29 is 29.0 Å². The average Bonchev–Trinajstić information content (AvgIpc) is 3.43. The fourth-order valence-corrected chi connectivity index (χ4v) is 7.69. The van der Waals surface area contributed by atoms with Gasteiger partial charge in [-0.2, -0.15) is 0 Å². The molecule has 8 nitrogen and oxygen atoms in total. The summed E-state index contributed by atoms with van der Waals surface area (Å²) in [5, 5.41) is 10.7. The number of rotatable bonds is 11. The minimum Gasteiger partial charge on any atom is -0.481 e. The molecular formula is C27H38N2O6S2. The van der Waals surface area contributed by atoms with Crippen LogP contribution in [0.2, 0.25) is 0 Å². The molecular weight excluding hydrogens is 512 g/mol. The second-order valence-electron chi connectivity index (χ2n) is 10.2. The third kappa shape index (κ3) is 6.89. The number of hydrogen-bond donors (Lipinski definition) is 1. The SMILES string of the molecule is CCCCCc1cccc(OC(C)=O)c1C1=N[C@@H]([C@@H]2SC[C@@H]([C@H](OC(C)=O)C(C)(C)C(=O)O)N2C)CS1. The van der Waals surface area contributed by atoms with Gasteiger partial charge < -0.3 is 14.6 Å². The largest absolute Gasteiger partial charge is 0.481 e. The van der Waals surface area contributed by atoms with Gasteiger partial charge in [0.25, 0.3) is 0 Å². The molecule has 1 aromatic rings. The average molecular weight is 551 g/mol. The van der Waals surface area contributed by atoms with Crippen LogP contribution in [-0.2, 0) is 25.5 Å². The molecule has 2 heterocycles. The molecule has 0 amide bonds. The molecule has 1 fully saturated rings. The van der Waals surface area contributed by atoms with E-state index >= 15 is 0 Å². The monoisotopic (exact) mass is 550 g/mol. The lowest BCUT2D eigenvalue weighted by Crippen LogP contribution is -2.54. The van der Waals surface area contributed by atoms with Gasteiger partial charge in [0, 0.05) is 25.4 Å². The fourth-order valence-electron chi connectivity index (χ4n) is 4.82. The number of carboxylic acid groups (broad SMARTS) is 1. The topological polar surface area (TPSA) is 106 Å². The summed E-state index contributed by atoms with van der Waals surface area (Å²) in [4.78, 5) is 42.9. The Labute approximate surface area is 227 Å². The zero-order chi connectivity index (χ0) is 27.3. The summed E-state index contributed by atoms with van der Waals surface area (Å²) in [7, 11) is 1.95. The van der Waals surface area contributed by atoms with Crippen LogP contribution in [0.4, 0.5) is 0 Å². The van der Waals surface area contributed by atoms with Crippen LogP contribution < -0.4 is 4.74 Å². The highest BCUT2D eigenvalue weighted by Crippen LogP contribution is 2.42. The molecule has 204 valence electrons. The van der Waals surface area contributed by atoms with Crippen molar-refractivity contribution >= 4 is 46.5 Å². The highest BCUT2D eigenvalue weighted by Gasteiger charge is 2.50. The number of likely N-dealkylation sites (N-methyl/N-ethyl adjacent to an activating group) is 1. The van der Waals surface area contributed by atoms with E-state index in [0.717, 1.165) is 47.6 Å². The molecule has 0 unspecified atom stereocenters. The van der Waals surface area contributed by atoms with E-state index in [1.807, 2.05) is 19.2 Å². The number of hydrogen-bond acceptors (Lipinski definition) is 9. The van der Waals surface area contributed by atoms with E-state index < -0.39 is 23.5 Å². The molecule has 3 rings (SSSR count). The van der Waals surface area contributed by atoms with Crippen LogP contribution in [0.5, 0.6) is 5.75 Å². The second kappa shape index (κ2) is 12.7. The lowest BCUT2D eigenvalue weighted by Gasteiger charge is -2.38. The van der Waals surface area contributed by atoms with Gasteiger partial charge in [0.2, 0.25) is 0 Å². The molecule has 1 N–H and O–H groups in total. The lowest BCUT2D eigenvalue weighted by molar-refractivity contribution is -0.169. The fraction of sp³-hybridized carbons (Fsp3) is 0.630. The molecule has 4 atom stereocenters. The molecule has 2 aliphatic heterocycles. The van der Waals surface area contributed by atoms with Crippen molar-refractivity contribution in [1.29, 1.82) is 0 Å². The Hall–Kier alpha value is -2.04. The molecule has 0 aromatic heterocycles. The van der Waals surface area contributed by atoms with E-state index in [-0.39, 0.29) is 23.4 Å². The molecule has 37 heavy (non-hydrogen) atoms. The Bertz CT molecular complexity index is 1040. The minimum atomic E-state index is -1.24. The summed E-state index contributed by atoms with van der Waals surface area (Å²) in [6, 6.07) is 5.52. The Kier molecular flexibility index (Phi) is 10.1. The normalized spacial score (nSPS) is 23.0. The van der Waals surface area contributed by atoms with E-state index in [2.05, 4.69) is 17.9 Å². The Morgan fingerprint density at radius 3 is 2.54 bits per heavy atom. The van der Waals surface area contributed by atoms with Crippen LogP contribution in [0, 0.1) is 5.41 Å². The van der Waals surface area contributed by atoms with E-state index in [1.54, 1.807) is 37.4 Å². The molecule has 1 aromatic carbocycles. The first-order valence-corrected chi connectivity index (χ1v) is 14.8. The summed E-state index contributed by atoms with van der Waals surface area (Å²) in [6.07, 6.45) is 3.39. The number of benzene rings is 1. The number of ether oxygens (including phenoxy) is 2. The van der Waals surface area contributed by atoms with Gasteiger partial charge in [-0.1, -0.05) is 31.9 Å².